The molecule has 0 radical (unpaired) electrons. The van der Waals surface area contributed by atoms with E-state index in [-0.39, 0.29) is 10.7 Å². The first-order valence-electron chi connectivity index (χ1n) is 6.65. The quantitative estimate of drug-likeness (QED) is 0.904. The Morgan fingerprint density at radius 2 is 1.95 bits per heavy atom. The topological polar surface area (TPSA) is 15.3 Å². The molecule has 1 aromatic rings. The normalized spacial score (nSPS) is 18.2. The Hall–Kier alpha value is -0.940. The van der Waals surface area contributed by atoms with Gasteiger partial charge in [0.15, 0.2) is 0 Å². The lowest BCUT2D eigenvalue weighted by Crippen LogP contribution is -2.33. The summed E-state index contributed by atoms with van der Waals surface area (Å²) in [5, 5.41) is 3.03. The van der Waals surface area contributed by atoms with Crippen molar-refractivity contribution >= 4 is 17.3 Å². The van der Waals surface area contributed by atoms with E-state index in [2.05, 4.69) is 17.3 Å². The van der Waals surface area contributed by atoms with E-state index < -0.39 is 11.7 Å². The van der Waals surface area contributed by atoms with Crippen LogP contribution in [0, 0.1) is 5.92 Å². The standard InChI is InChI=1S/C14H18ClF3N2/c1-20-6-4-10(5-7-20)9-19-13-3-2-11(15)8-12(13)14(16,17)18/h2-3,8,10,19H,4-7,9H2,1H3. The number of anilines is 1. The van der Waals surface area contributed by atoms with E-state index in [0.717, 1.165) is 32.0 Å². The molecule has 0 spiro atoms. The van der Waals surface area contributed by atoms with Crippen LogP contribution in [0.4, 0.5) is 18.9 Å². The highest BCUT2D eigenvalue weighted by Gasteiger charge is 2.33. The van der Waals surface area contributed by atoms with Gasteiger partial charge in [-0.25, -0.2) is 0 Å². The van der Waals surface area contributed by atoms with Gasteiger partial charge < -0.3 is 10.2 Å². The van der Waals surface area contributed by atoms with Crippen LogP contribution in [-0.2, 0) is 6.18 Å². The van der Waals surface area contributed by atoms with Gasteiger partial charge in [0.05, 0.1) is 5.56 Å². The van der Waals surface area contributed by atoms with Crippen LogP contribution in [0.25, 0.3) is 0 Å². The highest BCUT2D eigenvalue weighted by Crippen LogP contribution is 2.36. The zero-order chi connectivity index (χ0) is 14.8. The van der Waals surface area contributed by atoms with Gasteiger partial charge in [0, 0.05) is 17.3 Å². The summed E-state index contributed by atoms with van der Waals surface area (Å²) in [6, 6.07) is 3.85. The summed E-state index contributed by atoms with van der Waals surface area (Å²) in [6.07, 6.45) is -2.36. The maximum atomic E-state index is 12.9. The van der Waals surface area contributed by atoms with E-state index >= 15 is 0 Å². The molecule has 20 heavy (non-hydrogen) atoms. The molecule has 6 heteroatoms. The number of nitrogens with one attached hydrogen (secondary N) is 1. The second-order valence-corrected chi connectivity index (χ2v) is 5.75. The fourth-order valence-corrected chi connectivity index (χ4v) is 2.60. The molecule has 2 nitrogen and oxygen atoms in total. The minimum absolute atomic E-state index is 0.0992. The van der Waals surface area contributed by atoms with Crippen LogP contribution in [0.1, 0.15) is 18.4 Å². The molecule has 0 atom stereocenters. The van der Waals surface area contributed by atoms with Crippen LogP contribution in [0.5, 0.6) is 0 Å². The maximum Gasteiger partial charge on any atom is 0.418 e. The minimum atomic E-state index is -4.39. The number of piperidine rings is 1. The Labute approximate surface area is 121 Å². The third kappa shape index (κ3) is 4.03. The molecule has 1 aliphatic heterocycles. The van der Waals surface area contributed by atoms with Gasteiger partial charge in [-0.3, -0.25) is 0 Å². The highest BCUT2D eigenvalue weighted by molar-refractivity contribution is 6.30. The number of alkyl halides is 3. The predicted molar refractivity (Wildman–Crippen MR) is 75.2 cm³/mol. The summed E-state index contributed by atoms with van der Waals surface area (Å²) in [4.78, 5) is 2.24. The molecule has 112 valence electrons. The third-order valence-electron chi connectivity index (χ3n) is 3.71. The average Bonchev–Trinajstić information content (AvgIpc) is 2.38. The number of nitrogens with zero attached hydrogens (tertiary/aromatic N) is 1. The van der Waals surface area contributed by atoms with Crippen molar-refractivity contribution in [3.63, 3.8) is 0 Å². The molecular formula is C14H18ClF3N2. The lowest BCUT2D eigenvalue weighted by molar-refractivity contribution is -0.136. The van der Waals surface area contributed by atoms with E-state index in [0.29, 0.717) is 12.5 Å². The third-order valence-corrected chi connectivity index (χ3v) is 3.94. The van der Waals surface area contributed by atoms with Gasteiger partial charge in [-0.15, -0.1) is 0 Å². The smallest absolute Gasteiger partial charge is 0.384 e. The Morgan fingerprint density at radius 3 is 2.55 bits per heavy atom. The summed E-state index contributed by atoms with van der Waals surface area (Å²) in [7, 11) is 2.06. The van der Waals surface area contributed by atoms with Crippen LogP contribution < -0.4 is 5.32 Å². The van der Waals surface area contributed by atoms with E-state index in [1.54, 1.807) is 0 Å². The van der Waals surface area contributed by atoms with Crippen molar-refractivity contribution in [3.8, 4) is 0 Å². The van der Waals surface area contributed by atoms with E-state index in [1.807, 2.05) is 0 Å². The lowest BCUT2D eigenvalue weighted by atomic mass is 9.97. The molecule has 1 aromatic carbocycles. The van der Waals surface area contributed by atoms with Crippen molar-refractivity contribution in [3.05, 3.63) is 28.8 Å². The van der Waals surface area contributed by atoms with Crippen LogP contribution >= 0.6 is 11.6 Å². The van der Waals surface area contributed by atoms with Crippen LogP contribution in [0.2, 0.25) is 5.02 Å². The van der Waals surface area contributed by atoms with Crippen LogP contribution in [0.3, 0.4) is 0 Å². The van der Waals surface area contributed by atoms with Crippen LogP contribution in [0.15, 0.2) is 18.2 Å². The van der Waals surface area contributed by atoms with Gasteiger partial charge in [0.2, 0.25) is 0 Å². The summed E-state index contributed by atoms with van der Waals surface area (Å²) in [5.41, 5.74) is -0.584. The van der Waals surface area contributed by atoms with Gasteiger partial charge in [-0.1, -0.05) is 11.6 Å². The fraction of sp³-hybridized carbons (Fsp3) is 0.571. The molecule has 0 aromatic heterocycles. The van der Waals surface area contributed by atoms with Gasteiger partial charge in [-0.2, -0.15) is 13.2 Å². The molecule has 0 amide bonds. The minimum Gasteiger partial charge on any atom is -0.384 e. The number of likely N-dealkylation sites (tertiary alicyclic amines) is 1. The monoisotopic (exact) mass is 306 g/mol. The molecule has 0 aliphatic carbocycles. The molecule has 1 fully saturated rings. The number of rotatable bonds is 3. The summed E-state index contributed by atoms with van der Waals surface area (Å²) < 4.78 is 38.8. The first kappa shape index (κ1) is 15.4. The fourth-order valence-electron chi connectivity index (χ4n) is 2.43. The molecule has 1 aliphatic rings. The SMILES string of the molecule is CN1CCC(CNc2ccc(Cl)cc2C(F)(F)F)CC1. The van der Waals surface area contributed by atoms with Crippen molar-refractivity contribution in [2.75, 3.05) is 32.0 Å². The van der Waals surface area contributed by atoms with Crippen molar-refractivity contribution in [2.45, 2.75) is 19.0 Å². The van der Waals surface area contributed by atoms with Crippen molar-refractivity contribution in [2.24, 2.45) is 5.92 Å². The number of hydrogen-bond acceptors (Lipinski definition) is 2. The van der Waals surface area contributed by atoms with Gasteiger partial charge in [0.1, 0.15) is 0 Å². The molecule has 0 unspecified atom stereocenters. The summed E-state index contributed by atoms with van der Waals surface area (Å²) in [5.74, 6) is 0.419. The second kappa shape index (κ2) is 6.22. The zero-order valence-corrected chi connectivity index (χ0v) is 12.1. The Bertz CT molecular complexity index is 454. The molecule has 1 heterocycles. The Kier molecular flexibility index (Phi) is 4.81. The molecular weight excluding hydrogens is 289 g/mol. The highest BCUT2D eigenvalue weighted by atomic mass is 35.5. The lowest BCUT2D eigenvalue weighted by Gasteiger charge is -2.29. The van der Waals surface area contributed by atoms with Crippen molar-refractivity contribution in [1.82, 2.24) is 4.90 Å². The molecule has 1 N–H and O–H groups in total. The number of halogens is 4. The second-order valence-electron chi connectivity index (χ2n) is 5.32. The van der Waals surface area contributed by atoms with Crippen molar-refractivity contribution in [1.29, 1.82) is 0 Å². The number of hydrogen-bond donors (Lipinski definition) is 1. The van der Waals surface area contributed by atoms with Crippen molar-refractivity contribution < 1.29 is 13.2 Å². The molecule has 0 bridgehead atoms. The summed E-state index contributed by atoms with van der Waals surface area (Å²) in [6.45, 7) is 2.57. The largest absolute Gasteiger partial charge is 0.418 e. The molecule has 0 saturated carbocycles. The number of benzene rings is 1. The first-order chi connectivity index (χ1) is 9.36. The maximum absolute atomic E-state index is 12.9. The Balaban J connectivity index is 2.02. The van der Waals surface area contributed by atoms with Gasteiger partial charge in [-0.05, 0) is 57.1 Å². The molecule has 1 saturated heterocycles. The average molecular weight is 307 g/mol. The van der Waals surface area contributed by atoms with Crippen LogP contribution in [-0.4, -0.2) is 31.6 Å². The summed E-state index contributed by atoms with van der Waals surface area (Å²) >= 11 is 5.65. The van der Waals surface area contributed by atoms with E-state index in [1.165, 1.54) is 12.1 Å². The molecule has 2 rings (SSSR count). The van der Waals surface area contributed by atoms with E-state index in [9.17, 15) is 13.2 Å². The first-order valence-corrected chi connectivity index (χ1v) is 7.03. The Morgan fingerprint density at radius 1 is 1.30 bits per heavy atom. The van der Waals surface area contributed by atoms with Gasteiger partial charge in [0.25, 0.3) is 0 Å². The van der Waals surface area contributed by atoms with E-state index in [4.69, 9.17) is 11.6 Å². The zero-order valence-electron chi connectivity index (χ0n) is 11.3. The predicted octanol–water partition coefficient (Wildman–Crippen LogP) is 4.11. The van der Waals surface area contributed by atoms with Gasteiger partial charge >= 0.3 is 6.18 Å².